The zero-order valence-electron chi connectivity index (χ0n) is 13.0. The summed E-state index contributed by atoms with van der Waals surface area (Å²) in [7, 11) is 0. The molecule has 7 nitrogen and oxygen atoms in total. The number of benzene rings is 2. The van der Waals surface area contributed by atoms with Gasteiger partial charge in [-0.2, -0.15) is 0 Å². The zero-order chi connectivity index (χ0) is 17.2. The molecular weight excluding hydrogens is 300 g/mol. The van der Waals surface area contributed by atoms with Crippen LogP contribution in [0.3, 0.4) is 0 Å². The van der Waals surface area contributed by atoms with Gasteiger partial charge in [0.1, 0.15) is 5.75 Å². The number of para-hydroxylation sites is 1. The first kappa shape index (κ1) is 16.4. The third kappa shape index (κ3) is 3.63. The maximum atomic E-state index is 11.2. The fourth-order valence-corrected chi connectivity index (χ4v) is 2.14. The molecule has 0 saturated carbocycles. The third-order valence-corrected chi connectivity index (χ3v) is 3.27. The van der Waals surface area contributed by atoms with Crippen LogP contribution in [-0.4, -0.2) is 9.85 Å². The van der Waals surface area contributed by atoms with E-state index in [2.05, 4.69) is 0 Å². The van der Waals surface area contributed by atoms with Crippen LogP contribution in [0, 0.1) is 20.2 Å². The Morgan fingerprint density at radius 1 is 0.913 bits per heavy atom. The number of nitro groups is 2. The Morgan fingerprint density at radius 2 is 1.57 bits per heavy atom. The Bertz CT molecular complexity index is 765. The van der Waals surface area contributed by atoms with E-state index in [0.29, 0.717) is 5.75 Å². The van der Waals surface area contributed by atoms with E-state index in [1.165, 1.54) is 12.1 Å². The smallest absolute Gasteiger partial charge is 0.318 e. The summed E-state index contributed by atoms with van der Waals surface area (Å²) in [5.41, 5.74) is -0.129. The Morgan fingerprint density at radius 3 is 2.13 bits per heavy atom. The number of nitrogens with zero attached hydrogens (tertiary/aromatic N) is 2. The Balaban J connectivity index is 2.49. The van der Waals surface area contributed by atoms with Crippen LogP contribution in [0.4, 0.5) is 11.4 Å². The van der Waals surface area contributed by atoms with Gasteiger partial charge in [0.25, 0.3) is 5.69 Å². The molecular formula is C16H16N2O5. The first-order valence-corrected chi connectivity index (χ1v) is 6.90. The highest BCUT2D eigenvalue weighted by Crippen LogP contribution is 2.38. The summed E-state index contributed by atoms with van der Waals surface area (Å²) in [6.45, 7) is 6.00. The SMILES string of the molecule is CC(C)(C)c1ccccc1Oc1ccc([N+](=O)[O-])cc1[N+](=O)[O-]. The summed E-state index contributed by atoms with van der Waals surface area (Å²) in [6, 6.07) is 10.5. The average molecular weight is 316 g/mol. The molecule has 120 valence electrons. The number of hydrogen-bond donors (Lipinski definition) is 0. The van der Waals surface area contributed by atoms with Gasteiger partial charge in [-0.15, -0.1) is 0 Å². The second kappa shape index (κ2) is 6.04. The van der Waals surface area contributed by atoms with Gasteiger partial charge in [0, 0.05) is 11.6 Å². The minimum Gasteiger partial charge on any atom is -0.450 e. The second-order valence-electron chi connectivity index (χ2n) is 6.01. The van der Waals surface area contributed by atoms with Crippen molar-refractivity contribution >= 4 is 11.4 Å². The van der Waals surface area contributed by atoms with Crippen LogP contribution in [0.5, 0.6) is 11.5 Å². The van der Waals surface area contributed by atoms with Crippen molar-refractivity contribution in [1.29, 1.82) is 0 Å². The minimum atomic E-state index is -0.692. The van der Waals surface area contributed by atoms with Crippen molar-refractivity contribution in [3.63, 3.8) is 0 Å². The van der Waals surface area contributed by atoms with Gasteiger partial charge >= 0.3 is 5.69 Å². The highest BCUT2D eigenvalue weighted by molar-refractivity contribution is 5.55. The molecule has 0 bridgehead atoms. The quantitative estimate of drug-likeness (QED) is 0.607. The van der Waals surface area contributed by atoms with Gasteiger partial charge < -0.3 is 4.74 Å². The molecule has 0 unspecified atom stereocenters. The molecule has 0 aliphatic heterocycles. The maximum absolute atomic E-state index is 11.2. The van der Waals surface area contributed by atoms with Crippen LogP contribution in [0.15, 0.2) is 42.5 Å². The summed E-state index contributed by atoms with van der Waals surface area (Å²) < 4.78 is 5.70. The molecule has 0 atom stereocenters. The summed E-state index contributed by atoms with van der Waals surface area (Å²) >= 11 is 0. The highest BCUT2D eigenvalue weighted by atomic mass is 16.6. The van der Waals surface area contributed by atoms with Gasteiger partial charge in [-0.1, -0.05) is 39.0 Å². The van der Waals surface area contributed by atoms with E-state index in [-0.39, 0.29) is 16.9 Å². The number of ether oxygens (including phenoxy) is 1. The molecule has 7 heteroatoms. The van der Waals surface area contributed by atoms with Crippen LogP contribution in [-0.2, 0) is 5.41 Å². The minimum absolute atomic E-state index is 0.0303. The fraction of sp³-hybridized carbons (Fsp3) is 0.250. The lowest BCUT2D eigenvalue weighted by Gasteiger charge is -2.22. The lowest BCUT2D eigenvalue weighted by Crippen LogP contribution is -2.12. The van der Waals surface area contributed by atoms with Crippen LogP contribution in [0.2, 0.25) is 0 Å². The summed E-state index contributed by atoms with van der Waals surface area (Å²) in [5.74, 6) is 0.453. The molecule has 0 radical (unpaired) electrons. The Kier molecular flexibility index (Phi) is 4.31. The standard InChI is InChI=1S/C16H16N2O5/c1-16(2,3)12-6-4-5-7-14(12)23-15-9-8-11(17(19)20)10-13(15)18(21)22/h4-10H,1-3H3. The van der Waals surface area contributed by atoms with Gasteiger partial charge in [-0.25, -0.2) is 0 Å². The molecule has 2 rings (SSSR count). The molecule has 0 spiro atoms. The van der Waals surface area contributed by atoms with Gasteiger partial charge in [0.2, 0.25) is 5.75 Å². The molecule has 0 fully saturated rings. The monoisotopic (exact) mass is 316 g/mol. The van der Waals surface area contributed by atoms with Crippen molar-refractivity contribution in [3.8, 4) is 11.5 Å². The maximum Gasteiger partial charge on any atom is 0.318 e. The summed E-state index contributed by atoms with van der Waals surface area (Å²) in [4.78, 5) is 20.6. The van der Waals surface area contributed by atoms with E-state index < -0.39 is 15.5 Å². The number of hydrogen-bond acceptors (Lipinski definition) is 5. The number of nitro benzene ring substituents is 2. The van der Waals surface area contributed by atoms with Crippen molar-refractivity contribution < 1.29 is 14.6 Å². The van der Waals surface area contributed by atoms with E-state index in [9.17, 15) is 20.2 Å². The van der Waals surface area contributed by atoms with E-state index in [1.807, 2.05) is 32.9 Å². The Labute approximate surface area is 132 Å². The molecule has 2 aromatic rings. The van der Waals surface area contributed by atoms with Crippen LogP contribution in [0.1, 0.15) is 26.3 Å². The topological polar surface area (TPSA) is 95.5 Å². The third-order valence-electron chi connectivity index (χ3n) is 3.27. The molecule has 0 N–H and O–H groups in total. The summed E-state index contributed by atoms with van der Waals surface area (Å²) in [6.07, 6.45) is 0. The van der Waals surface area contributed by atoms with Crippen LogP contribution >= 0.6 is 0 Å². The van der Waals surface area contributed by atoms with Crippen molar-refractivity contribution in [3.05, 3.63) is 68.3 Å². The van der Waals surface area contributed by atoms with Gasteiger partial charge in [0.05, 0.1) is 15.9 Å². The molecule has 0 heterocycles. The molecule has 0 saturated heterocycles. The average Bonchev–Trinajstić information content (AvgIpc) is 2.46. The lowest BCUT2D eigenvalue weighted by molar-refractivity contribution is -0.394. The Hall–Kier alpha value is -2.96. The van der Waals surface area contributed by atoms with Crippen LogP contribution < -0.4 is 4.74 Å². The van der Waals surface area contributed by atoms with E-state index >= 15 is 0 Å². The number of rotatable bonds is 4. The first-order valence-electron chi connectivity index (χ1n) is 6.90. The normalized spacial score (nSPS) is 11.1. The molecule has 0 aromatic heterocycles. The van der Waals surface area contributed by atoms with Gasteiger partial charge in [0.15, 0.2) is 0 Å². The van der Waals surface area contributed by atoms with Crippen molar-refractivity contribution in [2.75, 3.05) is 0 Å². The van der Waals surface area contributed by atoms with E-state index in [4.69, 9.17) is 4.74 Å². The molecule has 0 aliphatic carbocycles. The predicted molar refractivity (Wildman–Crippen MR) is 85.0 cm³/mol. The second-order valence-corrected chi connectivity index (χ2v) is 6.01. The van der Waals surface area contributed by atoms with Crippen molar-refractivity contribution in [2.24, 2.45) is 0 Å². The molecule has 23 heavy (non-hydrogen) atoms. The first-order chi connectivity index (χ1) is 10.7. The van der Waals surface area contributed by atoms with E-state index in [0.717, 1.165) is 11.6 Å². The molecule has 0 aliphatic rings. The van der Waals surface area contributed by atoms with E-state index in [1.54, 1.807) is 12.1 Å². The van der Waals surface area contributed by atoms with Gasteiger partial charge in [-0.05, 0) is 17.5 Å². The zero-order valence-corrected chi connectivity index (χ0v) is 13.0. The fourth-order valence-electron chi connectivity index (χ4n) is 2.14. The number of non-ortho nitro benzene ring substituents is 1. The largest absolute Gasteiger partial charge is 0.450 e. The summed E-state index contributed by atoms with van der Waals surface area (Å²) in [5, 5.41) is 21.9. The lowest BCUT2D eigenvalue weighted by atomic mass is 9.86. The molecule has 0 amide bonds. The van der Waals surface area contributed by atoms with Crippen molar-refractivity contribution in [2.45, 2.75) is 26.2 Å². The van der Waals surface area contributed by atoms with Gasteiger partial charge in [-0.3, -0.25) is 20.2 Å². The van der Waals surface area contributed by atoms with Crippen molar-refractivity contribution in [1.82, 2.24) is 0 Å². The molecule has 2 aromatic carbocycles. The predicted octanol–water partition coefficient (Wildman–Crippen LogP) is 4.59. The highest BCUT2D eigenvalue weighted by Gasteiger charge is 2.24. The van der Waals surface area contributed by atoms with Crippen LogP contribution in [0.25, 0.3) is 0 Å².